The number of thiol groups is 1. The molecule has 0 amide bonds. The average Bonchev–Trinajstić information content (AvgIpc) is 2.79. The van der Waals surface area contributed by atoms with E-state index >= 15 is 0 Å². The molecule has 3 aromatic rings. The van der Waals surface area contributed by atoms with Gasteiger partial charge in [-0.25, -0.2) is 13.6 Å². The number of nitrogens with two attached hydrogens (primary N) is 1. The van der Waals surface area contributed by atoms with E-state index < -0.39 is 23.2 Å². The molecule has 0 aliphatic carbocycles. The summed E-state index contributed by atoms with van der Waals surface area (Å²) in [5.74, 6) is 1.37. The molecule has 0 aromatic heterocycles. The average molecular weight is 498 g/mol. The predicted molar refractivity (Wildman–Crippen MR) is 124 cm³/mol. The number of methoxy groups -OCH3 is 2. The zero-order valence-corrected chi connectivity index (χ0v) is 19.5. The van der Waals surface area contributed by atoms with Crippen LogP contribution in [0.5, 0.6) is 11.5 Å². The molecule has 184 valence electrons. The van der Waals surface area contributed by atoms with Gasteiger partial charge in [0.15, 0.2) is 17.0 Å². The maximum atomic E-state index is 13.3. The fraction of sp³-hybridized carbons (Fsp3) is 0.250. The molecule has 0 radical (unpaired) electrons. The van der Waals surface area contributed by atoms with E-state index in [4.69, 9.17) is 17.9 Å². The van der Waals surface area contributed by atoms with Gasteiger partial charge in [-0.15, -0.1) is 0 Å². The summed E-state index contributed by atoms with van der Waals surface area (Å²) in [5.41, 5.74) is 2.85. The van der Waals surface area contributed by atoms with Crippen molar-refractivity contribution in [1.29, 1.82) is 0 Å². The minimum absolute atomic E-state index is 0.121. The molecule has 1 atom stereocenters. The molecule has 34 heavy (non-hydrogen) atoms. The molecule has 0 bridgehead atoms. The van der Waals surface area contributed by atoms with E-state index in [1.165, 1.54) is 6.07 Å². The summed E-state index contributed by atoms with van der Waals surface area (Å²) in [4.78, 5) is 0. The molecular formula is C24H26F3NO5S. The van der Waals surface area contributed by atoms with Gasteiger partial charge in [0.25, 0.3) is 0 Å². The van der Waals surface area contributed by atoms with Gasteiger partial charge in [-0.3, -0.25) is 0 Å². The van der Waals surface area contributed by atoms with Crippen LogP contribution in [0.2, 0.25) is 0 Å². The van der Waals surface area contributed by atoms with Crippen LogP contribution in [0.25, 0.3) is 0 Å². The maximum Gasteiger partial charge on any atom is 0.418 e. The van der Waals surface area contributed by atoms with Crippen LogP contribution >= 0.6 is 0 Å². The summed E-state index contributed by atoms with van der Waals surface area (Å²) < 4.78 is 67.9. The molecule has 3 aromatic carbocycles. The first-order valence-corrected chi connectivity index (χ1v) is 11.3. The third kappa shape index (κ3) is 8.05. The Morgan fingerprint density at radius 3 is 1.71 bits per heavy atom. The largest absolute Gasteiger partial charge is 0.497 e. The normalized spacial score (nSPS) is 12.0. The standard InChI is InChI=1S/C24H23F3O3.H3NO2S/c1-29-19-10-6-16(7-11-19)14-18-4-3-5-21(23(28)24(25,26)27)22(18)15-17-8-12-20(30-2)13-9-17;1-4(2)3/h3-13,23,28H,14-15H2,1-2H3;4H,(H2,1,2,3). The molecule has 3 rings (SSSR count). The highest BCUT2D eigenvalue weighted by atomic mass is 32.2. The first-order chi connectivity index (χ1) is 16.0. The molecule has 0 saturated carbocycles. The summed E-state index contributed by atoms with van der Waals surface area (Å²) >= 11 is 0. The van der Waals surface area contributed by atoms with Crippen LogP contribution in [0.3, 0.4) is 0 Å². The Bertz CT molecular complexity index is 1120. The third-order valence-electron chi connectivity index (χ3n) is 5.01. The Labute approximate surface area is 197 Å². The monoisotopic (exact) mass is 497 g/mol. The van der Waals surface area contributed by atoms with Crippen molar-refractivity contribution in [3.8, 4) is 11.5 Å². The predicted octanol–water partition coefficient (Wildman–Crippen LogP) is 3.95. The second-order valence-corrected chi connectivity index (χ2v) is 7.83. The highest BCUT2D eigenvalue weighted by Crippen LogP contribution is 2.36. The number of benzene rings is 3. The van der Waals surface area contributed by atoms with E-state index in [2.05, 4.69) is 5.14 Å². The van der Waals surface area contributed by atoms with E-state index in [1.54, 1.807) is 38.5 Å². The van der Waals surface area contributed by atoms with Crippen molar-refractivity contribution in [3.05, 3.63) is 94.5 Å². The Balaban J connectivity index is 0.000000945. The quantitative estimate of drug-likeness (QED) is 0.430. The molecule has 0 aliphatic heterocycles. The van der Waals surface area contributed by atoms with Crippen LogP contribution in [0.1, 0.15) is 33.9 Å². The molecule has 6 nitrogen and oxygen atoms in total. The zero-order chi connectivity index (χ0) is 25.3. The van der Waals surface area contributed by atoms with Gasteiger partial charge in [0.2, 0.25) is 0 Å². The summed E-state index contributed by atoms with van der Waals surface area (Å²) in [6, 6.07) is 19.2. The molecular weight excluding hydrogens is 471 g/mol. The highest BCUT2D eigenvalue weighted by Gasteiger charge is 2.40. The van der Waals surface area contributed by atoms with E-state index in [1.807, 2.05) is 36.4 Å². The topological polar surface area (TPSA) is 98.8 Å². The second kappa shape index (κ2) is 12.4. The molecule has 0 spiro atoms. The van der Waals surface area contributed by atoms with E-state index in [-0.39, 0.29) is 12.0 Å². The summed E-state index contributed by atoms with van der Waals surface area (Å²) in [6.45, 7) is 0. The molecule has 0 fully saturated rings. The molecule has 0 aliphatic rings. The summed E-state index contributed by atoms with van der Waals surface area (Å²) in [5, 5.41) is 14.1. The molecule has 10 heteroatoms. The molecule has 0 saturated heterocycles. The number of hydrogen-bond acceptors (Lipinski definition) is 5. The lowest BCUT2D eigenvalue weighted by atomic mass is 9.89. The fourth-order valence-corrected chi connectivity index (χ4v) is 3.38. The van der Waals surface area contributed by atoms with Crippen molar-refractivity contribution in [2.45, 2.75) is 25.1 Å². The van der Waals surface area contributed by atoms with Crippen LogP contribution in [-0.2, 0) is 23.7 Å². The van der Waals surface area contributed by atoms with Gasteiger partial charge in [-0.2, -0.15) is 13.2 Å². The lowest BCUT2D eigenvalue weighted by Crippen LogP contribution is -2.22. The number of alkyl halides is 3. The lowest BCUT2D eigenvalue weighted by molar-refractivity contribution is -0.207. The van der Waals surface area contributed by atoms with Crippen molar-refractivity contribution < 1.29 is 36.2 Å². The molecule has 0 heterocycles. The fourth-order valence-electron chi connectivity index (χ4n) is 3.38. The van der Waals surface area contributed by atoms with Crippen LogP contribution in [-0.4, -0.2) is 33.9 Å². The van der Waals surface area contributed by atoms with Crippen molar-refractivity contribution in [2.24, 2.45) is 5.14 Å². The number of aliphatic hydroxyl groups is 1. The lowest BCUT2D eigenvalue weighted by Gasteiger charge is -2.21. The van der Waals surface area contributed by atoms with Crippen molar-refractivity contribution >= 4 is 10.9 Å². The number of halogens is 3. The number of hydrogen-bond donors (Lipinski definition) is 3. The van der Waals surface area contributed by atoms with Gasteiger partial charge in [0, 0.05) is 0 Å². The van der Waals surface area contributed by atoms with Crippen LogP contribution < -0.4 is 14.6 Å². The minimum Gasteiger partial charge on any atom is -0.497 e. The van der Waals surface area contributed by atoms with Crippen LogP contribution in [0.4, 0.5) is 13.2 Å². The Morgan fingerprint density at radius 1 is 0.853 bits per heavy atom. The number of aliphatic hydroxyl groups excluding tert-OH is 1. The van der Waals surface area contributed by atoms with Gasteiger partial charge in [-0.05, 0) is 64.9 Å². The minimum atomic E-state index is -4.74. The third-order valence-corrected chi connectivity index (χ3v) is 5.01. The zero-order valence-electron chi connectivity index (χ0n) is 18.6. The van der Waals surface area contributed by atoms with E-state index in [0.29, 0.717) is 23.5 Å². The van der Waals surface area contributed by atoms with Gasteiger partial charge >= 0.3 is 6.18 Å². The van der Waals surface area contributed by atoms with Gasteiger partial charge in [0.1, 0.15) is 11.5 Å². The van der Waals surface area contributed by atoms with E-state index in [0.717, 1.165) is 16.7 Å². The van der Waals surface area contributed by atoms with Gasteiger partial charge in [0.05, 0.1) is 14.2 Å². The maximum absolute atomic E-state index is 13.3. The summed E-state index contributed by atoms with van der Waals surface area (Å²) in [7, 11) is 0.506. The van der Waals surface area contributed by atoms with Crippen molar-refractivity contribution in [2.75, 3.05) is 14.2 Å². The van der Waals surface area contributed by atoms with E-state index in [9.17, 15) is 18.3 Å². The Morgan fingerprint density at radius 2 is 1.29 bits per heavy atom. The first kappa shape index (κ1) is 27.2. The molecule has 3 N–H and O–H groups in total. The number of rotatable bonds is 7. The molecule has 1 unspecified atom stereocenters. The van der Waals surface area contributed by atoms with Gasteiger partial charge in [-0.1, -0.05) is 42.5 Å². The first-order valence-electron chi connectivity index (χ1n) is 10.1. The van der Waals surface area contributed by atoms with Gasteiger partial charge < -0.3 is 14.6 Å². The van der Waals surface area contributed by atoms with Crippen LogP contribution in [0, 0.1) is 0 Å². The Hall–Kier alpha value is -3.08. The van der Waals surface area contributed by atoms with Crippen molar-refractivity contribution in [1.82, 2.24) is 0 Å². The number of ether oxygens (including phenoxy) is 2. The second-order valence-electron chi connectivity index (χ2n) is 7.26. The SMILES string of the molecule is COc1ccc(Cc2cccc(C(O)C(F)(F)F)c2Cc2ccc(OC)cc2)cc1.N[SH](=O)=O. The van der Waals surface area contributed by atoms with Crippen LogP contribution in [0.15, 0.2) is 66.7 Å². The van der Waals surface area contributed by atoms with Crippen molar-refractivity contribution in [3.63, 3.8) is 0 Å². The highest BCUT2D eigenvalue weighted by molar-refractivity contribution is 7.69. The summed E-state index contributed by atoms with van der Waals surface area (Å²) in [6.07, 6.45) is -6.58. The smallest absolute Gasteiger partial charge is 0.418 e. The Kier molecular flexibility index (Phi) is 9.91.